The van der Waals surface area contributed by atoms with E-state index in [1.807, 2.05) is 20.8 Å². The fraction of sp³-hybridized carbons (Fsp3) is 0.944. The van der Waals surface area contributed by atoms with Crippen molar-refractivity contribution in [3.8, 4) is 0 Å². The predicted molar refractivity (Wildman–Crippen MR) is 106 cm³/mol. The number of nitrogens with one attached hydrogen (secondary N) is 2. The predicted octanol–water partition coefficient (Wildman–Crippen LogP) is 2.49. The van der Waals surface area contributed by atoms with Crippen LogP contribution in [0, 0.1) is 11.8 Å². The monoisotopic (exact) mass is 389 g/mol. The largest absolute Gasteiger partial charge is 0.500 e. The third kappa shape index (κ3) is 8.81. The Morgan fingerprint density at radius 1 is 1.04 bits per heavy atom. The van der Waals surface area contributed by atoms with E-state index in [9.17, 15) is 4.79 Å². The molecule has 2 amide bonds. The first kappa shape index (κ1) is 23.4. The van der Waals surface area contributed by atoms with Gasteiger partial charge in [-0.15, -0.1) is 0 Å². The molecule has 1 rings (SSSR count). The summed E-state index contributed by atoms with van der Waals surface area (Å²) < 4.78 is 17.5. The van der Waals surface area contributed by atoms with Gasteiger partial charge in [-0.3, -0.25) is 0 Å². The quantitative estimate of drug-likeness (QED) is 0.332. The molecule has 8 heteroatoms. The Morgan fingerprint density at radius 3 is 2.23 bits per heavy atom. The van der Waals surface area contributed by atoms with Crippen LogP contribution in [0.2, 0.25) is 6.04 Å². The van der Waals surface area contributed by atoms with Gasteiger partial charge in [-0.2, -0.15) is 0 Å². The van der Waals surface area contributed by atoms with Gasteiger partial charge in [0, 0.05) is 39.0 Å². The fourth-order valence-corrected chi connectivity index (χ4v) is 6.22. The zero-order valence-corrected chi connectivity index (χ0v) is 17.9. The van der Waals surface area contributed by atoms with E-state index < -0.39 is 8.80 Å². The lowest BCUT2D eigenvalue weighted by molar-refractivity contribution is 0.0708. The van der Waals surface area contributed by atoms with Crippen molar-refractivity contribution in [2.75, 3.05) is 39.5 Å². The summed E-state index contributed by atoms with van der Waals surface area (Å²) in [6.07, 6.45) is 5.53. The highest BCUT2D eigenvalue weighted by Crippen LogP contribution is 2.27. The van der Waals surface area contributed by atoms with Crippen molar-refractivity contribution in [1.82, 2.24) is 10.6 Å². The van der Waals surface area contributed by atoms with E-state index in [1.54, 1.807) is 0 Å². The highest BCUT2D eigenvalue weighted by molar-refractivity contribution is 6.60. The minimum absolute atomic E-state index is 0.101. The molecule has 4 N–H and O–H groups in total. The number of hydrogen-bond acceptors (Lipinski definition) is 5. The van der Waals surface area contributed by atoms with Crippen LogP contribution < -0.4 is 16.4 Å². The summed E-state index contributed by atoms with van der Waals surface area (Å²) in [5.74, 6) is 1.17. The van der Waals surface area contributed by atoms with E-state index >= 15 is 0 Å². The van der Waals surface area contributed by atoms with E-state index in [4.69, 9.17) is 19.0 Å². The fourth-order valence-electron chi connectivity index (χ4n) is 3.61. The van der Waals surface area contributed by atoms with E-state index in [1.165, 1.54) is 19.3 Å². The second-order valence-electron chi connectivity index (χ2n) is 6.86. The SMILES string of the molecule is CCO[Si](CCCNC(=O)NCC1CCCC(CN)C1)(OCC)OCC. The van der Waals surface area contributed by atoms with Crippen LogP contribution in [0.3, 0.4) is 0 Å². The van der Waals surface area contributed by atoms with Gasteiger partial charge in [-0.25, -0.2) is 4.79 Å². The van der Waals surface area contributed by atoms with Gasteiger partial charge in [0.25, 0.3) is 0 Å². The Hall–Kier alpha value is -0.673. The second kappa shape index (κ2) is 13.5. The molecule has 0 saturated heterocycles. The zero-order chi connectivity index (χ0) is 19.3. The number of rotatable bonds is 13. The topological polar surface area (TPSA) is 94.8 Å². The number of hydrogen-bond donors (Lipinski definition) is 3. The lowest BCUT2D eigenvalue weighted by atomic mass is 9.81. The molecule has 154 valence electrons. The molecular weight excluding hydrogens is 350 g/mol. The normalized spacial score (nSPS) is 20.8. The first-order valence-corrected chi connectivity index (χ1v) is 12.2. The molecule has 1 aliphatic rings. The van der Waals surface area contributed by atoms with Crippen LogP contribution in [0.15, 0.2) is 0 Å². The number of urea groups is 1. The van der Waals surface area contributed by atoms with Crippen LogP contribution in [-0.2, 0) is 13.3 Å². The van der Waals surface area contributed by atoms with Crippen molar-refractivity contribution in [3.05, 3.63) is 0 Å². The van der Waals surface area contributed by atoms with Gasteiger partial charge < -0.3 is 29.6 Å². The van der Waals surface area contributed by atoms with Crippen molar-refractivity contribution in [2.24, 2.45) is 17.6 Å². The third-order valence-corrected chi connectivity index (χ3v) is 7.97. The maximum atomic E-state index is 12.0. The summed E-state index contributed by atoms with van der Waals surface area (Å²) in [5, 5.41) is 5.92. The van der Waals surface area contributed by atoms with Gasteiger partial charge in [0.2, 0.25) is 0 Å². The smallest absolute Gasteiger partial charge is 0.374 e. The minimum atomic E-state index is -2.61. The molecule has 0 aromatic carbocycles. The first-order valence-electron chi connectivity index (χ1n) is 10.2. The van der Waals surface area contributed by atoms with Crippen LogP contribution in [-0.4, -0.2) is 54.3 Å². The van der Waals surface area contributed by atoms with Gasteiger partial charge in [0.05, 0.1) is 0 Å². The Bertz CT molecular complexity index is 370. The molecule has 0 radical (unpaired) electrons. The van der Waals surface area contributed by atoms with Crippen LogP contribution in [0.5, 0.6) is 0 Å². The zero-order valence-electron chi connectivity index (χ0n) is 16.9. The number of carbonyl (C=O) groups is 1. The average Bonchev–Trinajstić information content (AvgIpc) is 2.64. The molecule has 1 saturated carbocycles. The van der Waals surface area contributed by atoms with Gasteiger partial charge >= 0.3 is 14.8 Å². The van der Waals surface area contributed by atoms with E-state index in [0.717, 1.165) is 25.9 Å². The summed E-state index contributed by atoms with van der Waals surface area (Å²) in [7, 11) is -2.61. The maximum Gasteiger partial charge on any atom is 0.500 e. The van der Waals surface area contributed by atoms with E-state index in [-0.39, 0.29) is 6.03 Å². The summed E-state index contributed by atoms with van der Waals surface area (Å²) in [5.41, 5.74) is 5.77. The standard InChI is InChI=1S/C18H39N3O4Si/c1-4-23-26(24-5-2,25-6-3)12-8-11-20-18(22)21-15-17-10-7-9-16(13-17)14-19/h16-17H,4-15,19H2,1-3H3,(H2,20,21,22). The van der Waals surface area contributed by atoms with E-state index in [2.05, 4.69) is 10.6 Å². The summed E-state index contributed by atoms with van der Waals surface area (Å²) in [6.45, 7) is 9.65. The van der Waals surface area contributed by atoms with Crippen LogP contribution >= 0.6 is 0 Å². The minimum Gasteiger partial charge on any atom is -0.374 e. The van der Waals surface area contributed by atoms with Crippen molar-refractivity contribution in [2.45, 2.75) is 58.9 Å². The molecule has 2 unspecified atom stereocenters. The molecule has 0 aromatic rings. The summed E-state index contributed by atoms with van der Waals surface area (Å²) in [4.78, 5) is 12.0. The molecule has 1 aliphatic carbocycles. The Balaban J connectivity index is 2.25. The molecule has 2 atom stereocenters. The summed E-state index contributed by atoms with van der Waals surface area (Å²) >= 11 is 0. The molecule has 0 heterocycles. The second-order valence-corrected chi connectivity index (χ2v) is 9.59. The van der Waals surface area contributed by atoms with Gasteiger partial charge in [0.15, 0.2) is 0 Å². The molecule has 26 heavy (non-hydrogen) atoms. The Morgan fingerprint density at radius 2 is 1.65 bits per heavy atom. The van der Waals surface area contributed by atoms with Crippen molar-refractivity contribution >= 4 is 14.8 Å². The van der Waals surface area contributed by atoms with Crippen molar-refractivity contribution in [1.29, 1.82) is 0 Å². The number of nitrogens with two attached hydrogens (primary N) is 1. The Labute approximate surface area is 160 Å². The maximum absolute atomic E-state index is 12.0. The van der Waals surface area contributed by atoms with Gasteiger partial charge in [0.1, 0.15) is 0 Å². The average molecular weight is 390 g/mol. The van der Waals surface area contributed by atoms with Crippen molar-refractivity contribution in [3.63, 3.8) is 0 Å². The van der Waals surface area contributed by atoms with Crippen molar-refractivity contribution < 1.29 is 18.1 Å². The molecule has 0 aromatic heterocycles. The molecular formula is C18H39N3O4Si. The summed E-state index contributed by atoms with van der Waals surface area (Å²) in [6, 6.07) is 0.611. The lowest BCUT2D eigenvalue weighted by Gasteiger charge is -2.29. The van der Waals surface area contributed by atoms with Gasteiger partial charge in [-0.1, -0.05) is 6.42 Å². The third-order valence-electron chi connectivity index (χ3n) is 4.81. The van der Waals surface area contributed by atoms with Crippen LogP contribution in [0.1, 0.15) is 52.9 Å². The Kier molecular flexibility index (Phi) is 12.1. The first-order chi connectivity index (χ1) is 12.6. The molecule has 1 fully saturated rings. The molecule has 0 bridgehead atoms. The number of amides is 2. The highest BCUT2D eigenvalue weighted by atomic mass is 28.4. The lowest BCUT2D eigenvalue weighted by Crippen LogP contribution is -2.46. The van der Waals surface area contributed by atoms with E-state index in [0.29, 0.717) is 44.2 Å². The van der Waals surface area contributed by atoms with Crippen LogP contribution in [0.4, 0.5) is 4.79 Å². The highest BCUT2D eigenvalue weighted by Gasteiger charge is 2.39. The number of carbonyl (C=O) groups excluding carboxylic acids is 1. The van der Waals surface area contributed by atoms with Crippen LogP contribution in [0.25, 0.3) is 0 Å². The molecule has 0 aliphatic heterocycles. The molecule has 0 spiro atoms. The molecule has 7 nitrogen and oxygen atoms in total. The van der Waals surface area contributed by atoms with Gasteiger partial charge in [-0.05, 0) is 64.8 Å².